The molecule has 0 bridgehead atoms. The molecule has 2 saturated heterocycles. The van der Waals surface area contributed by atoms with Gasteiger partial charge in [-0.3, -0.25) is 14.3 Å². The lowest BCUT2D eigenvalue weighted by Gasteiger charge is -2.24. The van der Waals surface area contributed by atoms with Crippen LogP contribution >= 0.6 is 34.2 Å². The Hall–Kier alpha value is -0.420. The molecule has 0 saturated carbocycles. The van der Waals surface area contributed by atoms with Crippen LogP contribution in [0.1, 0.15) is 20.1 Å². The van der Waals surface area contributed by atoms with Gasteiger partial charge in [0.25, 0.3) is 5.56 Å². The van der Waals surface area contributed by atoms with Gasteiger partial charge in [0.15, 0.2) is 12.0 Å². The third kappa shape index (κ3) is 2.67. The summed E-state index contributed by atoms with van der Waals surface area (Å²) in [6, 6.07) is 0. The Morgan fingerprint density at radius 2 is 2.05 bits per heavy atom. The van der Waals surface area contributed by atoms with Crippen molar-refractivity contribution in [1.82, 2.24) is 9.55 Å². The second-order valence-corrected chi connectivity index (χ2v) is 6.72. The molecule has 0 spiro atoms. The van der Waals surface area contributed by atoms with E-state index in [1.54, 1.807) is 0 Å². The summed E-state index contributed by atoms with van der Waals surface area (Å²) in [6.45, 7) is 3.63. The third-order valence-corrected chi connectivity index (χ3v) is 4.61. The molecular weight excluding hydrogens is 414 g/mol. The summed E-state index contributed by atoms with van der Waals surface area (Å²) < 4.78 is 19.5. The standard InChI is InChI=1S/C12H14ClIN2O5/c1-12(2)20-7-6(3-14)19-10(8(7)21-12)16-4-5(13)9(17)15-11(16)18/h4,6-8,10H,3H2,1-2H3,(H,15,17,18). The van der Waals surface area contributed by atoms with Crippen LogP contribution in [0.5, 0.6) is 0 Å². The van der Waals surface area contributed by atoms with Gasteiger partial charge in [0.2, 0.25) is 0 Å². The number of nitrogens with one attached hydrogen (secondary N) is 1. The van der Waals surface area contributed by atoms with Gasteiger partial charge in [-0.1, -0.05) is 34.2 Å². The Balaban J connectivity index is 2.01. The highest BCUT2D eigenvalue weighted by molar-refractivity contribution is 14.1. The topological polar surface area (TPSA) is 82.5 Å². The van der Waals surface area contributed by atoms with Crippen molar-refractivity contribution in [3.8, 4) is 0 Å². The molecule has 4 unspecified atom stereocenters. The maximum atomic E-state index is 12.0. The van der Waals surface area contributed by atoms with Crippen LogP contribution in [0, 0.1) is 0 Å². The van der Waals surface area contributed by atoms with Gasteiger partial charge in [-0.2, -0.15) is 0 Å². The van der Waals surface area contributed by atoms with Gasteiger partial charge >= 0.3 is 5.69 Å². The lowest BCUT2D eigenvalue weighted by atomic mass is 10.1. The van der Waals surface area contributed by atoms with E-state index in [1.165, 1.54) is 10.8 Å². The van der Waals surface area contributed by atoms with Crippen LogP contribution in [0.2, 0.25) is 5.02 Å². The van der Waals surface area contributed by atoms with Crippen LogP contribution in [0.25, 0.3) is 0 Å². The predicted octanol–water partition coefficient (Wildman–Crippen LogP) is 1.04. The van der Waals surface area contributed by atoms with Crippen molar-refractivity contribution in [3.63, 3.8) is 0 Å². The lowest BCUT2D eigenvalue weighted by Crippen LogP contribution is -2.37. The summed E-state index contributed by atoms with van der Waals surface area (Å²) >= 11 is 8.00. The van der Waals surface area contributed by atoms with Crippen LogP contribution in [0.4, 0.5) is 0 Å². The summed E-state index contributed by atoms with van der Waals surface area (Å²) in [4.78, 5) is 25.5. The first kappa shape index (κ1) is 15.5. The molecule has 4 atom stereocenters. The average molecular weight is 429 g/mol. The second-order valence-electron chi connectivity index (χ2n) is 5.43. The summed E-state index contributed by atoms with van der Waals surface area (Å²) in [5.41, 5.74) is -1.21. The Bertz CT molecular complexity index is 672. The summed E-state index contributed by atoms with van der Waals surface area (Å²) in [5, 5.41) is -0.0779. The Morgan fingerprint density at radius 1 is 1.38 bits per heavy atom. The minimum atomic E-state index is -0.739. The normalized spacial score (nSPS) is 34.1. The molecular formula is C12H14ClIN2O5. The molecule has 3 heterocycles. The van der Waals surface area contributed by atoms with E-state index >= 15 is 0 Å². The summed E-state index contributed by atoms with van der Waals surface area (Å²) in [6.07, 6.45) is -0.299. The van der Waals surface area contributed by atoms with Gasteiger partial charge in [-0.15, -0.1) is 0 Å². The molecule has 1 N–H and O–H groups in total. The molecule has 9 heteroatoms. The van der Waals surface area contributed by atoms with Crippen molar-refractivity contribution in [1.29, 1.82) is 0 Å². The highest BCUT2D eigenvalue weighted by Crippen LogP contribution is 2.43. The number of ether oxygens (including phenoxy) is 3. The Labute approximate surface area is 138 Å². The quantitative estimate of drug-likeness (QED) is 0.562. The molecule has 0 aliphatic carbocycles. The van der Waals surface area contributed by atoms with Gasteiger partial charge in [0.1, 0.15) is 17.2 Å². The van der Waals surface area contributed by atoms with Crippen LogP contribution < -0.4 is 11.2 Å². The van der Waals surface area contributed by atoms with Crippen molar-refractivity contribution >= 4 is 34.2 Å². The number of hydrogen-bond donors (Lipinski definition) is 1. The highest BCUT2D eigenvalue weighted by Gasteiger charge is 2.55. The minimum absolute atomic E-state index is 0.0779. The van der Waals surface area contributed by atoms with E-state index in [-0.39, 0.29) is 17.2 Å². The number of H-pyrrole nitrogens is 1. The highest BCUT2D eigenvalue weighted by atomic mass is 127. The molecule has 116 valence electrons. The molecule has 2 fully saturated rings. The first-order chi connectivity index (χ1) is 9.82. The molecule has 3 rings (SSSR count). The Morgan fingerprint density at radius 3 is 2.71 bits per heavy atom. The molecule has 21 heavy (non-hydrogen) atoms. The van der Waals surface area contributed by atoms with Gasteiger partial charge < -0.3 is 14.2 Å². The maximum Gasteiger partial charge on any atom is 0.330 e. The second kappa shape index (κ2) is 5.34. The van der Waals surface area contributed by atoms with Crippen molar-refractivity contribution < 1.29 is 14.2 Å². The smallest absolute Gasteiger partial charge is 0.330 e. The molecule has 0 amide bonds. The van der Waals surface area contributed by atoms with E-state index in [0.29, 0.717) is 4.43 Å². The fourth-order valence-electron chi connectivity index (χ4n) is 2.66. The third-order valence-electron chi connectivity index (χ3n) is 3.48. The van der Waals surface area contributed by atoms with Crippen LogP contribution in [-0.4, -0.2) is 38.1 Å². The molecule has 1 aromatic rings. The van der Waals surface area contributed by atoms with E-state index in [4.69, 9.17) is 25.8 Å². The zero-order chi connectivity index (χ0) is 15.4. The zero-order valence-corrected chi connectivity index (χ0v) is 14.3. The zero-order valence-electron chi connectivity index (χ0n) is 11.3. The van der Waals surface area contributed by atoms with E-state index in [9.17, 15) is 9.59 Å². The largest absolute Gasteiger partial charge is 0.348 e. The summed E-state index contributed by atoms with van der Waals surface area (Å²) in [5.74, 6) is -0.739. The molecule has 0 radical (unpaired) electrons. The van der Waals surface area contributed by atoms with E-state index in [2.05, 4.69) is 27.6 Å². The number of nitrogens with zero attached hydrogens (tertiary/aromatic N) is 1. The Kier molecular flexibility index (Phi) is 3.93. The van der Waals surface area contributed by atoms with Gasteiger partial charge in [-0.25, -0.2) is 4.79 Å². The van der Waals surface area contributed by atoms with E-state index in [1.807, 2.05) is 13.8 Å². The first-order valence-corrected chi connectivity index (χ1v) is 8.31. The average Bonchev–Trinajstić information content (AvgIpc) is 2.87. The minimum Gasteiger partial charge on any atom is -0.348 e. The molecule has 1 aromatic heterocycles. The summed E-state index contributed by atoms with van der Waals surface area (Å²) in [7, 11) is 0. The number of aromatic nitrogens is 2. The van der Waals surface area contributed by atoms with Crippen molar-refractivity contribution in [2.45, 2.75) is 44.2 Å². The van der Waals surface area contributed by atoms with Crippen molar-refractivity contribution in [3.05, 3.63) is 32.1 Å². The van der Waals surface area contributed by atoms with Crippen molar-refractivity contribution in [2.24, 2.45) is 0 Å². The maximum absolute atomic E-state index is 12.0. The number of alkyl halides is 1. The van der Waals surface area contributed by atoms with Gasteiger partial charge in [0, 0.05) is 10.6 Å². The first-order valence-electron chi connectivity index (χ1n) is 6.40. The van der Waals surface area contributed by atoms with Crippen LogP contribution in [-0.2, 0) is 14.2 Å². The molecule has 7 nitrogen and oxygen atoms in total. The van der Waals surface area contributed by atoms with E-state index < -0.39 is 29.4 Å². The van der Waals surface area contributed by atoms with Gasteiger partial charge in [0.05, 0.1) is 6.10 Å². The monoisotopic (exact) mass is 428 g/mol. The van der Waals surface area contributed by atoms with Crippen LogP contribution in [0.3, 0.4) is 0 Å². The number of halogens is 2. The fraction of sp³-hybridized carbons (Fsp3) is 0.667. The molecule has 2 aliphatic heterocycles. The van der Waals surface area contributed by atoms with Crippen molar-refractivity contribution in [2.75, 3.05) is 4.43 Å². The predicted molar refractivity (Wildman–Crippen MR) is 83.0 cm³/mol. The van der Waals surface area contributed by atoms with E-state index in [0.717, 1.165) is 0 Å². The number of hydrogen-bond acceptors (Lipinski definition) is 5. The fourth-order valence-corrected chi connectivity index (χ4v) is 3.52. The molecule has 2 aliphatic rings. The van der Waals surface area contributed by atoms with Crippen LogP contribution in [0.15, 0.2) is 15.8 Å². The van der Waals surface area contributed by atoms with Gasteiger partial charge in [-0.05, 0) is 13.8 Å². The number of rotatable bonds is 2. The molecule has 0 aromatic carbocycles. The lowest BCUT2D eigenvalue weighted by molar-refractivity contribution is -0.194. The number of fused-ring (bicyclic) bond motifs is 1. The SMILES string of the molecule is CC1(C)OC2C(CI)OC(n3cc(Cl)c(=O)[nH]c3=O)C2O1. The number of aromatic amines is 1.